The highest BCUT2D eigenvalue weighted by molar-refractivity contribution is 5.79. The van der Waals surface area contributed by atoms with Crippen LogP contribution in [0.4, 0.5) is 96.6 Å². The van der Waals surface area contributed by atoms with Crippen LogP contribution in [0.25, 0.3) is 0 Å². The summed E-state index contributed by atoms with van der Waals surface area (Å²) in [7, 11) is 0. The van der Waals surface area contributed by atoms with Crippen LogP contribution in [0.5, 0.6) is 0 Å². The van der Waals surface area contributed by atoms with E-state index in [0.29, 0.717) is 0 Å². The van der Waals surface area contributed by atoms with Crippen molar-refractivity contribution in [2.24, 2.45) is 0 Å². The lowest BCUT2D eigenvalue weighted by Crippen LogP contribution is -2.62. The minimum Gasteiger partial charge on any atom is -0.461 e. The first-order chi connectivity index (χ1) is 21.4. The highest BCUT2D eigenvalue weighted by atomic mass is 19.4. The Hall–Kier alpha value is -2.72. The van der Waals surface area contributed by atoms with Crippen molar-refractivity contribution in [1.82, 2.24) is 0 Å². The van der Waals surface area contributed by atoms with Crippen molar-refractivity contribution < 1.29 is 130 Å². The van der Waals surface area contributed by atoms with Crippen LogP contribution in [0.15, 0.2) is 0 Å². The summed E-state index contributed by atoms with van der Waals surface area (Å²) < 4.78 is 298. The first-order valence-corrected chi connectivity index (χ1v) is 11.9. The van der Waals surface area contributed by atoms with E-state index in [2.05, 4.69) is 9.47 Å². The Morgan fingerprint density at radius 3 is 1.12 bits per heavy atom. The molecule has 0 spiro atoms. The Morgan fingerprint density at radius 1 is 0.469 bits per heavy atom. The molecule has 0 aliphatic carbocycles. The zero-order chi connectivity index (χ0) is 39.5. The first-order valence-electron chi connectivity index (χ1n) is 11.9. The van der Waals surface area contributed by atoms with Gasteiger partial charge in [-0.3, -0.25) is 9.47 Å². The Labute approximate surface area is 255 Å². The van der Waals surface area contributed by atoms with E-state index in [1.54, 1.807) is 0 Å². The standard InChI is InChI=1S/C20H16F22O7/c1-8(7-47-10(44)12(22,16(30,31)32)49-20(41,42)14(25,26)18(36,37)38)45-5-3-2-4-6-46-9(43)11(21,15(27,28)29)48-19(39,40)13(23,24)17(33,34)35/h8H,2-7H2,1H3. The van der Waals surface area contributed by atoms with Crippen LogP contribution < -0.4 is 0 Å². The molecule has 0 aliphatic rings. The summed E-state index contributed by atoms with van der Waals surface area (Å²) in [6.45, 7) is -2.92. The number of alkyl halides is 22. The summed E-state index contributed by atoms with van der Waals surface area (Å²) in [5.74, 6) is -35.3. The maximum atomic E-state index is 14.1. The second-order valence-corrected chi connectivity index (χ2v) is 9.04. The summed E-state index contributed by atoms with van der Waals surface area (Å²) >= 11 is 0. The summed E-state index contributed by atoms with van der Waals surface area (Å²) in [6, 6.07) is 0. The molecule has 0 heterocycles. The molecule has 0 radical (unpaired) electrons. The van der Waals surface area contributed by atoms with Crippen LogP contribution >= 0.6 is 0 Å². The van der Waals surface area contributed by atoms with Gasteiger partial charge in [-0.15, -0.1) is 0 Å². The largest absolute Gasteiger partial charge is 0.462 e. The Kier molecular flexibility index (Phi) is 14.0. The van der Waals surface area contributed by atoms with Gasteiger partial charge in [0.25, 0.3) is 0 Å². The predicted molar refractivity (Wildman–Crippen MR) is 105 cm³/mol. The number of rotatable bonds is 17. The maximum Gasteiger partial charge on any atom is 0.462 e. The van der Waals surface area contributed by atoms with Gasteiger partial charge in [0.2, 0.25) is 0 Å². The number of esters is 2. The van der Waals surface area contributed by atoms with E-state index in [0.717, 1.165) is 6.92 Å². The number of hydrogen-bond donors (Lipinski definition) is 0. The zero-order valence-electron chi connectivity index (χ0n) is 23.0. The molecule has 292 valence electrons. The molecular formula is C20H16F22O7. The molecule has 0 bridgehead atoms. The molecule has 0 aromatic rings. The molecule has 0 N–H and O–H groups in total. The molecule has 0 aromatic carbocycles. The second kappa shape index (κ2) is 14.9. The number of hydrogen-bond acceptors (Lipinski definition) is 7. The fourth-order valence-electron chi connectivity index (χ4n) is 2.50. The minimum atomic E-state index is -7.47. The van der Waals surface area contributed by atoms with Crippen LogP contribution in [0.1, 0.15) is 26.2 Å². The molecule has 0 aromatic heterocycles. The number of unbranched alkanes of at least 4 members (excludes halogenated alkanes) is 2. The van der Waals surface area contributed by atoms with Crippen molar-refractivity contribution in [1.29, 1.82) is 0 Å². The minimum absolute atomic E-state index is 0.403. The lowest BCUT2D eigenvalue weighted by atomic mass is 10.2. The Morgan fingerprint density at radius 2 is 0.796 bits per heavy atom. The summed E-state index contributed by atoms with van der Waals surface area (Å²) in [6.07, 6.45) is -46.6. The fraction of sp³-hybridized carbons (Fsp3) is 0.900. The average molecular weight is 786 g/mol. The quantitative estimate of drug-likeness (QED) is 0.0850. The van der Waals surface area contributed by atoms with Crippen molar-refractivity contribution in [2.75, 3.05) is 19.8 Å². The van der Waals surface area contributed by atoms with E-state index in [-0.39, 0.29) is 0 Å². The van der Waals surface area contributed by atoms with Gasteiger partial charge >= 0.3 is 72.4 Å². The lowest BCUT2D eigenvalue weighted by Gasteiger charge is -2.33. The smallest absolute Gasteiger partial charge is 0.461 e. The molecule has 0 rings (SSSR count). The van der Waals surface area contributed by atoms with Crippen LogP contribution in [-0.4, -0.2) is 98.3 Å². The van der Waals surface area contributed by atoms with Crippen molar-refractivity contribution in [3.8, 4) is 0 Å². The van der Waals surface area contributed by atoms with Gasteiger partial charge in [-0.05, 0) is 26.2 Å². The van der Waals surface area contributed by atoms with Gasteiger partial charge in [-0.1, -0.05) is 0 Å². The van der Waals surface area contributed by atoms with Gasteiger partial charge in [0.05, 0.1) is 12.7 Å². The summed E-state index contributed by atoms with van der Waals surface area (Å²) in [5, 5.41) is 0. The summed E-state index contributed by atoms with van der Waals surface area (Å²) in [5.41, 5.74) is 0. The van der Waals surface area contributed by atoms with E-state index in [1.165, 1.54) is 0 Å². The Bertz CT molecular complexity index is 1110. The van der Waals surface area contributed by atoms with E-state index < -0.39 is 118 Å². The van der Waals surface area contributed by atoms with E-state index in [9.17, 15) is 106 Å². The Balaban J connectivity index is 5.11. The molecule has 0 saturated carbocycles. The van der Waals surface area contributed by atoms with Gasteiger partial charge < -0.3 is 14.2 Å². The summed E-state index contributed by atoms with van der Waals surface area (Å²) in [4.78, 5) is 22.8. The third-order valence-corrected chi connectivity index (χ3v) is 5.11. The third-order valence-electron chi connectivity index (χ3n) is 5.11. The molecular weight excluding hydrogens is 770 g/mol. The third kappa shape index (κ3) is 10.4. The SMILES string of the molecule is CC(COC(=O)C(F)(OC(F)(F)C(F)(F)C(F)(F)F)C(F)(F)F)OCCCCCOC(=O)C(F)(OC(F)(F)C(F)(F)C(F)(F)F)C(F)(F)F. The maximum absolute atomic E-state index is 14.1. The number of ether oxygens (including phenoxy) is 5. The molecule has 0 saturated heterocycles. The van der Waals surface area contributed by atoms with Crippen molar-refractivity contribution in [3.63, 3.8) is 0 Å². The predicted octanol–water partition coefficient (Wildman–Crippen LogP) is 7.72. The molecule has 3 atom stereocenters. The van der Waals surface area contributed by atoms with Gasteiger partial charge in [0, 0.05) is 6.61 Å². The van der Waals surface area contributed by atoms with Crippen molar-refractivity contribution >= 4 is 11.9 Å². The van der Waals surface area contributed by atoms with Gasteiger partial charge in [0.15, 0.2) is 0 Å². The zero-order valence-corrected chi connectivity index (χ0v) is 23.0. The molecule has 49 heavy (non-hydrogen) atoms. The van der Waals surface area contributed by atoms with E-state index in [1.807, 2.05) is 9.47 Å². The first kappa shape index (κ1) is 46.3. The molecule has 0 aliphatic heterocycles. The van der Waals surface area contributed by atoms with Crippen molar-refractivity contribution in [3.05, 3.63) is 0 Å². The topological polar surface area (TPSA) is 80.3 Å². The van der Waals surface area contributed by atoms with Crippen molar-refractivity contribution in [2.45, 2.75) is 92.8 Å². The van der Waals surface area contributed by atoms with E-state index >= 15 is 0 Å². The van der Waals surface area contributed by atoms with Gasteiger partial charge in [-0.25, -0.2) is 9.59 Å². The second-order valence-electron chi connectivity index (χ2n) is 9.04. The lowest BCUT2D eigenvalue weighted by molar-refractivity contribution is -0.475. The molecule has 3 unspecified atom stereocenters. The van der Waals surface area contributed by atoms with Gasteiger partial charge in [0.1, 0.15) is 6.61 Å². The average Bonchev–Trinajstić information content (AvgIpc) is 2.87. The molecule has 7 nitrogen and oxygen atoms in total. The van der Waals surface area contributed by atoms with E-state index in [4.69, 9.17) is 4.74 Å². The van der Waals surface area contributed by atoms with Crippen LogP contribution in [0.2, 0.25) is 0 Å². The fourth-order valence-corrected chi connectivity index (χ4v) is 2.50. The van der Waals surface area contributed by atoms with Gasteiger partial charge in [-0.2, -0.15) is 96.6 Å². The highest BCUT2D eigenvalue weighted by Gasteiger charge is 2.81. The normalized spacial score (nSPS) is 17.6. The van der Waals surface area contributed by atoms with Crippen LogP contribution in [0, 0.1) is 0 Å². The number of carbonyl (C=O) groups is 2. The van der Waals surface area contributed by atoms with Crippen LogP contribution in [-0.2, 0) is 33.3 Å². The highest BCUT2D eigenvalue weighted by Crippen LogP contribution is 2.52. The number of halogens is 22. The number of carbonyl (C=O) groups excluding carboxylic acids is 2. The molecule has 0 fully saturated rings. The van der Waals surface area contributed by atoms with Crippen LogP contribution in [0.3, 0.4) is 0 Å². The molecule has 0 amide bonds. The molecule has 29 heteroatoms. The monoisotopic (exact) mass is 786 g/mol.